The number of hydrogen-bond donors (Lipinski definition) is 0. The summed E-state index contributed by atoms with van der Waals surface area (Å²) in [4.78, 5) is 40.3. The molecule has 1 aliphatic carbocycles. The van der Waals surface area contributed by atoms with Gasteiger partial charge in [-0.1, -0.05) is 55.6 Å². The molecule has 0 radical (unpaired) electrons. The van der Waals surface area contributed by atoms with Crippen LogP contribution in [0.5, 0.6) is 11.5 Å². The molecule has 0 N–H and O–H groups in total. The number of amides is 2. The van der Waals surface area contributed by atoms with Gasteiger partial charge in [0.1, 0.15) is 5.75 Å². The Morgan fingerprint density at radius 2 is 1.62 bits per heavy atom. The van der Waals surface area contributed by atoms with E-state index < -0.39 is 17.8 Å². The van der Waals surface area contributed by atoms with Crippen LogP contribution >= 0.6 is 43.5 Å². The van der Waals surface area contributed by atoms with Gasteiger partial charge in [-0.15, -0.1) is 0 Å². The van der Waals surface area contributed by atoms with E-state index in [0.29, 0.717) is 23.6 Å². The molecule has 2 amide bonds. The summed E-state index contributed by atoms with van der Waals surface area (Å²) >= 11 is 13.3. The van der Waals surface area contributed by atoms with Crippen LogP contribution in [0.1, 0.15) is 18.4 Å². The fraction of sp³-hybridized carbons (Fsp3) is 0.348. The molecule has 0 aromatic heterocycles. The number of imide groups is 1. The molecule has 2 aromatic rings. The fourth-order valence-electron chi connectivity index (χ4n) is 4.15. The van der Waals surface area contributed by atoms with E-state index in [-0.39, 0.29) is 39.3 Å². The Kier molecular flexibility index (Phi) is 6.93. The number of hydrogen-bond acceptors (Lipinski definition) is 5. The van der Waals surface area contributed by atoms with Gasteiger partial charge in [0, 0.05) is 14.7 Å². The third-order valence-corrected chi connectivity index (χ3v) is 8.77. The van der Waals surface area contributed by atoms with Crippen LogP contribution in [-0.2, 0) is 20.8 Å². The van der Waals surface area contributed by atoms with Gasteiger partial charge in [-0.2, -0.15) is 0 Å². The highest BCUT2D eigenvalue weighted by molar-refractivity contribution is 9.12. The smallest absolute Gasteiger partial charge is 0.315 e. The number of anilines is 1. The molecule has 4 unspecified atom stereocenters. The topological polar surface area (TPSA) is 72.9 Å². The molecule has 168 valence electrons. The molecule has 1 aliphatic heterocycles. The summed E-state index contributed by atoms with van der Waals surface area (Å²) in [7, 11) is 1.57. The summed E-state index contributed by atoms with van der Waals surface area (Å²) < 4.78 is 10.7. The van der Waals surface area contributed by atoms with Gasteiger partial charge >= 0.3 is 5.97 Å². The summed E-state index contributed by atoms with van der Waals surface area (Å²) in [5.74, 6) is -1.12. The van der Waals surface area contributed by atoms with E-state index in [4.69, 9.17) is 21.1 Å². The van der Waals surface area contributed by atoms with Crippen molar-refractivity contribution in [3.05, 3.63) is 53.1 Å². The molecule has 9 heteroatoms. The van der Waals surface area contributed by atoms with E-state index in [0.717, 1.165) is 10.5 Å². The monoisotopic (exact) mass is 583 g/mol. The lowest BCUT2D eigenvalue weighted by Gasteiger charge is -2.29. The van der Waals surface area contributed by atoms with Crippen molar-refractivity contribution >= 4 is 66.9 Å². The zero-order valence-corrected chi connectivity index (χ0v) is 21.0. The molecule has 6 nitrogen and oxygen atoms in total. The predicted octanol–water partition coefficient (Wildman–Crippen LogP) is 4.92. The van der Waals surface area contributed by atoms with Crippen LogP contribution in [0, 0.1) is 11.8 Å². The van der Waals surface area contributed by atoms with Crippen LogP contribution in [0.3, 0.4) is 0 Å². The van der Waals surface area contributed by atoms with Gasteiger partial charge in [0.25, 0.3) is 0 Å². The minimum atomic E-state index is -0.517. The fourth-order valence-corrected chi connectivity index (χ4v) is 5.56. The van der Waals surface area contributed by atoms with Crippen molar-refractivity contribution in [2.24, 2.45) is 11.8 Å². The zero-order valence-electron chi connectivity index (χ0n) is 17.1. The summed E-state index contributed by atoms with van der Waals surface area (Å²) in [6.07, 6.45) is 1.12. The van der Waals surface area contributed by atoms with Crippen LogP contribution in [0.15, 0.2) is 42.5 Å². The maximum absolute atomic E-state index is 13.2. The number of carbonyl (C=O) groups excluding carboxylic acids is 3. The number of methoxy groups -OCH3 is 1. The molecule has 2 aromatic carbocycles. The number of alkyl halides is 2. The summed E-state index contributed by atoms with van der Waals surface area (Å²) in [6.45, 7) is 0. The SMILES string of the molecule is COc1ccc(CC(=O)Oc2ccc(Cl)cc2N2C(=O)C3CC(Br)C(Br)CC3C2=O)cc1. The molecule has 1 heterocycles. The van der Waals surface area contributed by atoms with Gasteiger partial charge in [0.15, 0.2) is 5.75 Å². The van der Waals surface area contributed by atoms with E-state index >= 15 is 0 Å². The Balaban J connectivity index is 1.57. The Bertz CT molecular complexity index is 1030. The van der Waals surface area contributed by atoms with E-state index in [9.17, 15) is 14.4 Å². The first-order valence-electron chi connectivity index (χ1n) is 10.1. The lowest BCUT2D eigenvalue weighted by molar-refractivity contribution is -0.133. The predicted molar refractivity (Wildman–Crippen MR) is 128 cm³/mol. The van der Waals surface area contributed by atoms with Crippen LogP contribution in [-0.4, -0.2) is 34.5 Å². The number of ether oxygens (including phenoxy) is 2. The number of fused-ring (bicyclic) bond motifs is 1. The largest absolute Gasteiger partial charge is 0.497 e. The van der Waals surface area contributed by atoms with E-state index in [1.54, 1.807) is 37.4 Å². The van der Waals surface area contributed by atoms with E-state index in [2.05, 4.69) is 31.9 Å². The van der Waals surface area contributed by atoms with E-state index in [1.165, 1.54) is 12.1 Å². The molecular weight excluding hydrogens is 566 g/mol. The minimum Gasteiger partial charge on any atom is -0.497 e. The maximum atomic E-state index is 13.2. The Morgan fingerprint density at radius 1 is 1.03 bits per heavy atom. The Hall–Kier alpha value is -1.90. The van der Waals surface area contributed by atoms with Crippen molar-refractivity contribution in [3.63, 3.8) is 0 Å². The van der Waals surface area contributed by atoms with Crippen molar-refractivity contribution in [1.82, 2.24) is 0 Å². The van der Waals surface area contributed by atoms with Crippen molar-refractivity contribution < 1.29 is 23.9 Å². The molecule has 32 heavy (non-hydrogen) atoms. The van der Waals surface area contributed by atoms with Gasteiger partial charge in [-0.05, 0) is 48.7 Å². The van der Waals surface area contributed by atoms with Crippen LogP contribution in [0.4, 0.5) is 5.69 Å². The van der Waals surface area contributed by atoms with Gasteiger partial charge in [0.05, 0.1) is 31.1 Å². The second-order valence-corrected chi connectivity index (χ2v) is 10.6. The van der Waals surface area contributed by atoms with Gasteiger partial charge in [0.2, 0.25) is 11.8 Å². The Morgan fingerprint density at radius 3 is 2.19 bits per heavy atom. The molecule has 1 saturated heterocycles. The first kappa shape index (κ1) is 23.3. The summed E-state index contributed by atoms with van der Waals surface area (Å²) in [5, 5.41) is 0.335. The summed E-state index contributed by atoms with van der Waals surface area (Å²) in [6, 6.07) is 11.6. The Labute approximate surface area is 207 Å². The normalized spacial score (nSPS) is 24.9. The second-order valence-electron chi connectivity index (χ2n) is 7.84. The zero-order chi connectivity index (χ0) is 23.0. The van der Waals surface area contributed by atoms with Crippen LogP contribution < -0.4 is 14.4 Å². The minimum absolute atomic E-state index is 0.0235. The van der Waals surface area contributed by atoms with Crippen molar-refractivity contribution in [3.8, 4) is 11.5 Å². The van der Waals surface area contributed by atoms with Crippen molar-refractivity contribution in [2.45, 2.75) is 28.9 Å². The molecule has 0 spiro atoms. The van der Waals surface area contributed by atoms with Gasteiger partial charge in [-0.25, -0.2) is 4.90 Å². The van der Waals surface area contributed by atoms with Crippen LogP contribution in [0.2, 0.25) is 5.02 Å². The van der Waals surface area contributed by atoms with Crippen molar-refractivity contribution in [2.75, 3.05) is 12.0 Å². The maximum Gasteiger partial charge on any atom is 0.315 e. The highest BCUT2D eigenvalue weighted by Gasteiger charge is 2.53. The van der Waals surface area contributed by atoms with Gasteiger partial charge in [-0.3, -0.25) is 14.4 Å². The average molecular weight is 586 g/mol. The summed E-state index contributed by atoms with van der Waals surface area (Å²) in [5.41, 5.74) is 0.944. The molecule has 4 atom stereocenters. The standard InChI is InChI=1S/C23H20Br2ClNO5/c1-31-14-5-2-12(3-6-14)8-21(28)32-20-7-4-13(26)9-19(20)27-22(29)15-10-17(24)18(25)11-16(15)23(27)30/h2-7,9,15-18H,8,10-11H2,1H3. The molecule has 1 saturated carbocycles. The van der Waals surface area contributed by atoms with E-state index in [1.807, 2.05) is 0 Å². The lowest BCUT2D eigenvalue weighted by atomic mass is 9.81. The lowest BCUT2D eigenvalue weighted by Crippen LogP contribution is -2.34. The first-order chi connectivity index (χ1) is 15.3. The van der Waals surface area contributed by atoms with Crippen molar-refractivity contribution in [1.29, 1.82) is 0 Å². The average Bonchev–Trinajstić information content (AvgIpc) is 3.00. The van der Waals surface area contributed by atoms with Gasteiger partial charge < -0.3 is 9.47 Å². The van der Waals surface area contributed by atoms with Crippen LogP contribution in [0.25, 0.3) is 0 Å². The molecule has 2 aliphatic rings. The quantitative estimate of drug-likeness (QED) is 0.216. The molecular formula is C23H20Br2ClNO5. The number of carbonyl (C=O) groups is 3. The number of halogens is 3. The highest BCUT2D eigenvalue weighted by atomic mass is 79.9. The number of esters is 1. The molecule has 2 fully saturated rings. The molecule has 4 rings (SSSR count). The second kappa shape index (κ2) is 9.53. The number of rotatable bonds is 5. The third-order valence-electron chi connectivity index (χ3n) is 5.80. The third kappa shape index (κ3) is 4.58. The number of nitrogens with zero attached hydrogens (tertiary/aromatic N) is 1. The highest BCUT2D eigenvalue weighted by Crippen LogP contribution is 2.46. The first-order valence-corrected chi connectivity index (χ1v) is 12.3. The number of benzene rings is 2. The molecule has 0 bridgehead atoms.